The maximum atomic E-state index is 5.49. The number of fused-ring (bicyclic) bond motifs is 2. The maximum absolute atomic E-state index is 5.49. The molecule has 20 heavy (non-hydrogen) atoms. The molecule has 4 heteroatoms. The zero-order valence-corrected chi connectivity index (χ0v) is 11.7. The Bertz CT molecular complexity index is 641. The summed E-state index contributed by atoms with van der Waals surface area (Å²) in [6.45, 7) is 3.23. The van der Waals surface area contributed by atoms with Gasteiger partial charge >= 0.3 is 0 Å². The van der Waals surface area contributed by atoms with Crippen molar-refractivity contribution in [2.45, 2.75) is 24.8 Å². The third kappa shape index (κ3) is 1.54. The van der Waals surface area contributed by atoms with Gasteiger partial charge in [-0.1, -0.05) is 12.1 Å². The minimum Gasteiger partial charge on any atom is -0.496 e. The lowest BCUT2D eigenvalue weighted by Crippen LogP contribution is -2.26. The van der Waals surface area contributed by atoms with E-state index in [2.05, 4.69) is 22.0 Å². The van der Waals surface area contributed by atoms with Crippen LogP contribution in [0.25, 0.3) is 11.3 Å². The van der Waals surface area contributed by atoms with Gasteiger partial charge in [-0.15, -0.1) is 0 Å². The van der Waals surface area contributed by atoms with Crippen LogP contribution in [0.3, 0.4) is 0 Å². The van der Waals surface area contributed by atoms with E-state index in [-0.39, 0.29) is 5.41 Å². The van der Waals surface area contributed by atoms with E-state index in [0.717, 1.165) is 30.9 Å². The lowest BCUT2D eigenvalue weighted by Gasteiger charge is -2.19. The Balaban J connectivity index is 1.83. The van der Waals surface area contributed by atoms with E-state index >= 15 is 0 Å². The van der Waals surface area contributed by atoms with Crippen LogP contribution in [0, 0.1) is 0 Å². The number of hydrogen-bond donors (Lipinski definition) is 1. The predicted molar refractivity (Wildman–Crippen MR) is 78.0 cm³/mol. The second-order valence-electron chi connectivity index (χ2n) is 5.78. The van der Waals surface area contributed by atoms with Crippen LogP contribution in [0.2, 0.25) is 0 Å². The quantitative estimate of drug-likeness (QED) is 0.908. The van der Waals surface area contributed by atoms with Crippen LogP contribution < -0.4 is 10.1 Å². The normalized spacial score (nSPS) is 24.2. The highest BCUT2D eigenvalue weighted by Gasteiger charge is 2.43. The van der Waals surface area contributed by atoms with Gasteiger partial charge in [-0.05, 0) is 31.5 Å². The zero-order valence-electron chi connectivity index (χ0n) is 11.7. The summed E-state index contributed by atoms with van der Waals surface area (Å²) in [7, 11) is 1.72. The standard InChI is InChI=1S/C16H19N3O/c1-20-14-5-3-2-4-12(14)13-10-18-15-16(6-8-17-11-16)7-9-19(13)15/h2-5,10,17H,6-9,11H2,1H3/t16-/m0/s1. The van der Waals surface area contributed by atoms with Gasteiger partial charge in [0, 0.05) is 24.1 Å². The monoisotopic (exact) mass is 269 g/mol. The molecule has 2 aliphatic rings. The Hall–Kier alpha value is -1.81. The molecular weight excluding hydrogens is 250 g/mol. The van der Waals surface area contributed by atoms with E-state index < -0.39 is 0 Å². The number of imidazole rings is 1. The first kappa shape index (κ1) is 12.0. The van der Waals surface area contributed by atoms with E-state index in [4.69, 9.17) is 9.72 Å². The molecule has 0 amide bonds. The van der Waals surface area contributed by atoms with Gasteiger partial charge in [-0.2, -0.15) is 0 Å². The molecule has 1 aromatic carbocycles. The van der Waals surface area contributed by atoms with Crippen molar-refractivity contribution in [2.75, 3.05) is 20.2 Å². The van der Waals surface area contributed by atoms with E-state index in [1.807, 2.05) is 18.3 Å². The number of para-hydroxylation sites is 1. The highest BCUT2D eigenvalue weighted by Crippen LogP contribution is 2.42. The van der Waals surface area contributed by atoms with Gasteiger partial charge in [-0.25, -0.2) is 4.98 Å². The molecule has 1 saturated heterocycles. The molecule has 0 aliphatic carbocycles. The molecular formula is C16H19N3O. The fourth-order valence-corrected chi connectivity index (χ4v) is 3.68. The fraction of sp³-hybridized carbons (Fsp3) is 0.438. The summed E-state index contributed by atoms with van der Waals surface area (Å²) >= 11 is 0. The summed E-state index contributed by atoms with van der Waals surface area (Å²) in [5, 5.41) is 3.49. The number of nitrogens with one attached hydrogen (secondary N) is 1. The van der Waals surface area contributed by atoms with Crippen LogP contribution in [-0.4, -0.2) is 29.8 Å². The number of nitrogens with zero attached hydrogens (tertiary/aromatic N) is 2. The number of methoxy groups -OCH3 is 1. The van der Waals surface area contributed by atoms with Crippen molar-refractivity contribution in [3.8, 4) is 17.0 Å². The summed E-state index contributed by atoms with van der Waals surface area (Å²) in [6.07, 6.45) is 4.41. The van der Waals surface area contributed by atoms with E-state index in [9.17, 15) is 0 Å². The first-order chi connectivity index (χ1) is 9.84. The van der Waals surface area contributed by atoms with Crippen LogP contribution in [-0.2, 0) is 12.0 Å². The van der Waals surface area contributed by atoms with Crippen LogP contribution >= 0.6 is 0 Å². The Morgan fingerprint density at radius 1 is 1.30 bits per heavy atom. The minimum absolute atomic E-state index is 0.264. The van der Waals surface area contributed by atoms with Gasteiger partial charge in [0.15, 0.2) is 0 Å². The first-order valence-electron chi connectivity index (χ1n) is 7.24. The third-order valence-corrected chi connectivity index (χ3v) is 4.77. The van der Waals surface area contributed by atoms with Crippen molar-refractivity contribution in [2.24, 2.45) is 0 Å². The van der Waals surface area contributed by atoms with Gasteiger partial charge in [0.1, 0.15) is 11.6 Å². The molecule has 1 N–H and O–H groups in total. The summed E-state index contributed by atoms with van der Waals surface area (Å²) in [5.74, 6) is 2.17. The molecule has 0 saturated carbocycles. The van der Waals surface area contributed by atoms with Crippen molar-refractivity contribution in [3.63, 3.8) is 0 Å². The van der Waals surface area contributed by atoms with Gasteiger partial charge < -0.3 is 14.6 Å². The fourth-order valence-electron chi connectivity index (χ4n) is 3.68. The number of benzene rings is 1. The highest BCUT2D eigenvalue weighted by molar-refractivity contribution is 5.67. The average molecular weight is 269 g/mol. The molecule has 1 fully saturated rings. The molecule has 1 spiro atoms. The Morgan fingerprint density at radius 2 is 2.20 bits per heavy atom. The minimum atomic E-state index is 0.264. The Kier molecular flexibility index (Phi) is 2.60. The molecule has 0 unspecified atom stereocenters. The van der Waals surface area contributed by atoms with Crippen LogP contribution in [0.5, 0.6) is 5.75 Å². The molecule has 4 rings (SSSR count). The van der Waals surface area contributed by atoms with Crippen LogP contribution in [0.15, 0.2) is 30.5 Å². The van der Waals surface area contributed by atoms with Crippen molar-refractivity contribution in [3.05, 3.63) is 36.3 Å². The van der Waals surface area contributed by atoms with Crippen molar-refractivity contribution < 1.29 is 4.74 Å². The predicted octanol–water partition coefficient (Wildman–Crippen LogP) is 2.19. The van der Waals surface area contributed by atoms with E-state index in [1.165, 1.54) is 24.4 Å². The average Bonchev–Trinajstić information content (AvgIpc) is 3.19. The number of hydrogen-bond acceptors (Lipinski definition) is 3. The van der Waals surface area contributed by atoms with E-state index in [0.29, 0.717) is 0 Å². The molecule has 1 aromatic heterocycles. The van der Waals surface area contributed by atoms with Gasteiger partial charge in [0.05, 0.1) is 19.0 Å². The summed E-state index contributed by atoms with van der Waals surface area (Å²) in [5.41, 5.74) is 2.58. The largest absolute Gasteiger partial charge is 0.496 e. The zero-order chi connectivity index (χ0) is 13.6. The molecule has 4 nitrogen and oxygen atoms in total. The molecule has 0 bridgehead atoms. The lowest BCUT2D eigenvalue weighted by molar-refractivity contribution is 0.416. The van der Waals surface area contributed by atoms with E-state index in [1.54, 1.807) is 7.11 Å². The van der Waals surface area contributed by atoms with Crippen molar-refractivity contribution >= 4 is 0 Å². The molecule has 2 aromatic rings. The first-order valence-corrected chi connectivity index (χ1v) is 7.24. The van der Waals surface area contributed by atoms with Crippen LogP contribution in [0.4, 0.5) is 0 Å². The second-order valence-corrected chi connectivity index (χ2v) is 5.78. The Labute approximate surface area is 118 Å². The molecule has 3 heterocycles. The molecule has 0 radical (unpaired) electrons. The van der Waals surface area contributed by atoms with Gasteiger partial charge in [0.2, 0.25) is 0 Å². The molecule has 104 valence electrons. The smallest absolute Gasteiger partial charge is 0.128 e. The summed E-state index contributed by atoms with van der Waals surface area (Å²) in [6, 6.07) is 8.18. The van der Waals surface area contributed by atoms with Crippen molar-refractivity contribution in [1.82, 2.24) is 14.9 Å². The Morgan fingerprint density at radius 3 is 3.00 bits per heavy atom. The number of ether oxygens (including phenoxy) is 1. The molecule has 2 aliphatic heterocycles. The SMILES string of the molecule is COc1ccccc1-c1cnc2n1CC[C@]21CCNC1. The number of aromatic nitrogens is 2. The van der Waals surface area contributed by atoms with Crippen molar-refractivity contribution in [1.29, 1.82) is 0 Å². The lowest BCUT2D eigenvalue weighted by atomic mass is 9.85. The third-order valence-electron chi connectivity index (χ3n) is 4.77. The topological polar surface area (TPSA) is 39.1 Å². The highest BCUT2D eigenvalue weighted by atomic mass is 16.5. The summed E-state index contributed by atoms with van der Waals surface area (Å²) < 4.78 is 7.87. The number of rotatable bonds is 2. The maximum Gasteiger partial charge on any atom is 0.128 e. The molecule has 1 atom stereocenters. The van der Waals surface area contributed by atoms with Crippen LogP contribution in [0.1, 0.15) is 18.7 Å². The van der Waals surface area contributed by atoms with Gasteiger partial charge in [-0.3, -0.25) is 0 Å². The summed E-state index contributed by atoms with van der Waals surface area (Å²) in [4.78, 5) is 4.75. The van der Waals surface area contributed by atoms with Gasteiger partial charge in [0.25, 0.3) is 0 Å². The second kappa shape index (κ2) is 4.35.